The highest BCUT2D eigenvalue weighted by atomic mass is 35.5. The lowest BCUT2D eigenvalue weighted by Gasteiger charge is -2.39. The second-order valence-electron chi connectivity index (χ2n) is 4.42. The third-order valence-electron chi connectivity index (χ3n) is 2.51. The van der Waals surface area contributed by atoms with Crippen LogP contribution in [-0.4, -0.2) is 35.1 Å². The van der Waals surface area contributed by atoms with Crippen molar-refractivity contribution in [2.45, 2.75) is 19.4 Å². The molecule has 0 saturated carbocycles. The molecule has 0 aromatic carbocycles. The van der Waals surface area contributed by atoms with E-state index in [2.05, 4.69) is 34.0 Å². The highest BCUT2D eigenvalue weighted by Crippen LogP contribution is 2.18. The van der Waals surface area contributed by atoms with Crippen molar-refractivity contribution in [2.24, 2.45) is 0 Å². The third kappa shape index (κ3) is 2.58. The number of aromatic nitrogens is 2. The molecule has 1 aromatic heterocycles. The summed E-state index contributed by atoms with van der Waals surface area (Å²) in [6.07, 6.45) is 1.69. The SMILES string of the molecule is CC1(C)CN(c2ccnc(Cl)n2)CCN1. The van der Waals surface area contributed by atoms with Crippen LogP contribution in [0, 0.1) is 0 Å². The number of hydrogen-bond acceptors (Lipinski definition) is 4. The maximum absolute atomic E-state index is 5.77. The second-order valence-corrected chi connectivity index (χ2v) is 4.75. The van der Waals surface area contributed by atoms with E-state index in [-0.39, 0.29) is 5.54 Å². The Morgan fingerprint density at radius 3 is 3.00 bits per heavy atom. The zero-order valence-electron chi connectivity index (χ0n) is 9.00. The van der Waals surface area contributed by atoms with E-state index in [4.69, 9.17) is 11.6 Å². The van der Waals surface area contributed by atoms with Gasteiger partial charge in [0.05, 0.1) is 0 Å². The molecule has 0 bridgehead atoms. The molecular weight excluding hydrogens is 212 g/mol. The minimum absolute atomic E-state index is 0.121. The van der Waals surface area contributed by atoms with Crippen LogP contribution in [0.15, 0.2) is 12.3 Å². The second kappa shape index (κ2) is 3.94. The van der Waals surface area contributed by atoms with Crippen LogP contribution in [0.25, 0.3) is 0 Å². The van der Waals surface area contributed by atoms with E-state index in [0.29, 0.717) is 5.28 Å². The summed E-state index contributed by atoms with van der Waals surface area (Å²) in [6.45, 7) is 7.22. The van der Waals surface area contributed by atoms with Gasteiger partial charge in [0.2, 0.25) is 5.28 Å². The Balaban J connectivity index is 2.17. The quantitative estimate of drug-likeness (QED) is 0.734. The van der Waals surface area contributed by atoms with Gasteiger partial charge < -0.3 is 10.2 Å². The summed E-state index contributed by atoms with van der Waals surface area (Å²) in [7, 11) is 0. The lowest BCUT2D eigenvalue weighted by molar-refractivity contribution is 0.351. The summed E-state index contributed by atoms with van der Waals surface area (Å²) in [5, 5.41) is 3.76. The first-order chi connectivity index (χ1) is 7.07. The average molecular weight is 227 g/mol. The molecule has 1 N–H and O–H groups in total. The Morgan fingerprint density at radius 2 is 2.33 bits per heavy atom. The molecule has 82 valence electrons. The topological polar surface area (TPSA) is 41.1 Å². The summed E-state index contributed by atoms with van der Waals surface area (Å²) in [5.74, 6) is 0.907. The van der Waals surface area contributed by atoms with Gasteiger partial charge in [0.15, 0.2) is 0 Å². The minimum atomic E-state index is 0.121. The van der Waals surface area contributed by atoms with Crippen LogP contribution in [0.4, 0.5) is 5.82 Å². The van der Waals surface area contributed by atoms with E-state index in [9.17, 15) is 0 Å². The molecule has 2 rings (SSSR count). The molecule has 1 aliphatic heterocycles. The number of anilines is 1. The molecule has 15 heavy (non-hydrogen) atoms. The van der Waals surface area contributed by atoms with Crippen molar-refractivity contribution in [1.82, 2.24) is 15.3 Å². The van der Waals surface area contributed by atoms with Crippen molar-refractivity contribution in [1.29, 1.82) is 0 Å². The standard InChI is InChI=1S/C10H15ClN4/c1-10(2)7-15(6-5-13-10)8-3-4-12-9(11)14-8/h3-4,13H,5-7H2,1-2H3. The molecule has 0 spiro atoms. The summed E-state index contributed by atoms with van der Waals surface area (Å²) >= 11 is 5.77. The first-order valence-corrected chi connectivity index (χ1v) is 5.43. The summed E-state index contributed by atoms with van der Waals surface area (Å²) in [4.78, 5) is 10.3. The zero-order valence-corrected chi connectivity index (χ0v) is 9.75. The van der Waals surface area contributed by atoms with E-state index >= 15 is 0 Å². The van der Waals surface area contributed by atoms with Crippen molar-refractivity contribution in [3.05, 3.63) is 17.5 Å². The fourth-order valence-electron chi connectivity index (χ4n) is 1.84. The Hall–Kier alpha value is -0.870. The van der Waals surface area contributed by atoms with E-state index in [1.165, 1.54) is 0 Å². The van der Waals surface area contributed by atoms with Gasteiger partial charge in [0.1, 0.15) is 5.82 Å². The van der Waals surface area contributed by atoms with E-state index in [1.807, 2.05) is 6.07 Å². The molecule has 0 atom stereocenters. The van der Waals surface area contributed by atoms with Gasteiger partial charge in [-0.25, -0.2) is 9.97 Å². The summed E-state index contributed by atoms with van der Waals surface area (Å²) in [5.41, 5.74) is 0.121. The molecule has 1 aliphatic rings. The maximum atomic E-state index is 5.77. The van der Waals surface area contributed by atoms with Gasteiger partial charge in [-0.3, -0.25) is 0 Å². The first-order valence-electron chi connectivity index (χ1n) is 5.05. The molecule has 2 heterocycles. The van der Waals surface area contributed by atoms with Gasteiger partial charge in [-0.1, -0.05) is 0 Å². The Bertz CT molecular complexity index is 353. The molecular formula is C10H15ClN4. The van der Waals surface area contributed by atoms with Crippen LogP contribution in [0.3, 0.4) is 0 Å². The van der Waals surface area contributed by atoms with Crippen LogP contribution in [0.5, 0.6) is 0 Å². The number of nitrogens with one attached hydrogen (secondary N) is 1. The van der Waals surface area contributed by atoms with Crippen molar-refractivity contribution in [3.8, 4) is 0 Å². The summed E-state index contributed by atoms with van der Waals surface area (Å²) in [6, 6.07) is 1.90. The van der Waals surface area contributed by atoms with Gasteiger partial charge in [-0.15, -0.1) is 0 Å². The van der Waals surface area contributed by atoms with Crippen LogP contribution in [0.1, 0.15) is 13.8 Å². The van der Waals surface area contributed by atoms with Gasteiger partial charge >= 0.3 is 0 Å². The van der Waals surface area contributed by atoms with Crippen molar-refractivity contribution in [3.63, 3.8) is 0 Å². The predicted molar refractivity (Wildman–Crippen MR) is 61.3 cm³/mol. The van der Waals surface area contributed by atoms with Gasteiger partial charge in [0.25, 0.3) is 0 Å². The summed E-state index contributed by atoms with van der Waals surface area (Å²) < 4.78 is 0. The molecule has 1 aromatic rings. The van der Waals surface area contributed by atoms with Crippen molar-refractivity contribution < 1.29 is 0 Å². The monoisotopic (exact) mass is 226 g/mol. The number of halogens is 1. The number of piperazine rings is 1. The smallest absolute Gasteiger partial charge is 0.224 e. The fraction of sp³-hybridized carbons (Fsp3) is 0.600. The van der Waals surface area contributed by atoms with Gasteiger partial charge in [-0.2, -0.15) is 0 Å². The van der Waals surface area contributed by atoms with Crippen molar-refractivity contribution in [2.75, 3.05) is 24.5 Å². The predicted octanol–water partition coefficient (Wildman–Crippen LogP) is 1.32. The highest BCUT2D eigenvalue weighted by molar-refractivity contribution is 6.28. The van der Waals surface area contributed by atoms with E-state index in [1.54, 1.807) is 6.20 Å². The van der Waals surface area contributed by atoms with Crippen LogP contribution in [-0.2, 0) is 0 Å². The Morgan fingerprint density at radius 1 is 1.53 bits per heavy atom. The zero-order chi connectivity index (χ0) is 10.9. The molecule has 1 fully saturated rings. The van der Waals surface area contributed by atoms with Crippen LogP contribution < -0.4 is 10.2 Å². The van der Waals surface area contributed by atoms with Crippen molar-refractivity contribution >= 4 is 17.4 Å². The fourth-order valence-corrected chi connectivity index (χ4v) is 1.98. The van der Waals surface area contributed by atoms with Crippen LogP contribution >= 0.6 is 11.6 Å². The number of nitrogens with zero attached hydrogens (tertiary/aromatic N) is 3. The van der Waals surface area contributed by atoms with E-state index in [0.717, 1.165) is 25.5 Å². The Kier molecular flexibility index (Phi) is 2.80. The molecule has 0 amide bonds. The third-order valence-corrected chi connectivity index (χ3v) is 2.69. The number of hydrogen-bond donors (Lipinski definition) is 1. The first kappa shape index (κ1) is 10.6. The largest absolute Gasteiger partial charge is 0.353 e. The molecule has 1 saturated heterocycles. The lowest BCUT2D eigenvalue weighted by Crippen LogP contribution is -2.57. The van der Waals surface area contributed by atoms with Gasteiger partial charge in [-0.05, 0) is 31.5 Å². The highest BCUT2D eigenvalue weighted by Gasteiger charge is 2.26. The molecule has 4 nitrogen and oxygen atoms in total. The number of rotatable bonds is 1. The molecule has 0 radical (unpaired) electrons. The maximum Gasteiger partial charge on any atom is 0.224 e. The van der Waals surface area contributed by atoms with E-state index < -0.39 is 0 Å². The average Bonchev–Trinajstić information content (AvgIpc) is 2.16. The minimum Gasteiger partial charge on any atom is -0.353 e. The normalized spacial score (nSPS) is 20.3. The Labute approximate surface area is 94.7 Å². The lowest BCUT2D eigenvalue weighted by atomic mass is 10.0. The molecule has 0 aliphatic carbocycles. The molecule has 5 heteroatoms. The van der Waals surface area contributed by atoms with Gasteiger partial charge in [0, 0.05) is 31.4 Å². The molecule has 0 unspecified atom stereocenters. The van der Waals surface area contributed by atoms with Crippen LogP contribution in [0.2, 0.25) is 5.28 Å².